The van der Waals surface area contributed by atoms with Crippen molar-refractivity contribution in [2.75, 3.05) is 20.8 Å². The molecule has 0 radical (unpaired) electrons. The maximum absolute atomic E-state index is 10.5. The van der Waals surface area contributed by atoms with Crippen molar-refractivity contribution in [2.24, 2.45) is 0 Å². The molecule has 0 aliphatic heterocycles. The molecule has 0 amide bonds. The zero-order chi connectivity index (χ0) is 17.9. The molecule has 1 rings (SSSR count). The Balaban J connectivity index is 2.38. The lowest BCUT2D eigenvalue weighted by atomic mass is 9.87. The molecular weight excluding hydrogens is 308 g/mol. The summed E-state index contributed by atoms with van der Waals surface area (Å²) in [7, 11) is 2.96. The Morgan fingerprint density at radius 3 is 1.71 bits per heavy atom. The van der Waals surface area contributed by atoms with Gasteiger partial charge in [-0.2, -0.15) is 0 Å². The summed E-state index contributed by atoms with van der Waals surface area (Å²) in [5.74, 6) is 0.614. The summed E-state index contributed by atoms with van der Waals surface area (Å²) in [5, 5.41) is 29.5. The van der Waals surface area contributed by atoms with Crippen LogP contribution >= 0.6 is 0 Å². The van der Waals surface area contributed by atoms with Crippen LogP contribution in [-0.4, -0.2) is 48.4 Å². The van der Waals surface area contributed by atoms with Gasteiger partial charge in [0.1, 0.15) is 12.2 Å². The van der Waals surface area contributed by atoms with Crippen molar-refractivity contribution >= 4 is 0 Å². The third-order valence-electron chi connectivity index (χ3n) is 4.78. The van der Waals surface area contributed by atoms with Crippen molar-refractivity contribution < 1.29 is 24.8 Å². The summed E-state index contributed by atoms with van der Waals surface area (Å²) in [6.45, 7) is 2.14. The van der Waals surface area contributed by atoms with Crippen LogP contribution in [0, 0.1) is 0 Å². The first-order chi connectivity index (χ1) is 11.6. The topological polar surface area (TPSA) is 79.2 Å². The zero-order valence-electron chi connectivity index (χ0n) is 15.4. The molecule has 5 nitrogen and oxygen atoms in total. The number of hydrogen-bond acceptors (Lipinski definition) is 5. The lowest BCUT2D eigenvalue weighted by Gasteiger charge is -2.30. The number of ether oxygens (including phenoxy) is 2. The van der Waals surface area contributed by atoms with E-state index in [0.29, 0.717) is 18.1 Å². The minimum absolute atomic E-state index is 0.297. The largest absolute Gasteiger partial charge is 0.494 e. The Bertz CT molecular complexity index is 427. The van der Waals surface area contributed by atoms with E-state index in [-0.39, 0.29) is 0 Å². The molecule has 24 heavy (non-hydrogen) atoms. The van der Waals surface area contributed by atoms with Crippen LogP contribution in [0.4, 0.5) is 0 Å². The van der Waals surface area contributed by atoms with Gasteiger partial charge < -0.3 is 24.8 Å². The zero-order valence-corrected chi connectivity index (χ0v) is 15.4. The summed E-state index contributed by atoms with van der Waals surface area (Å²) >= 11 is 0. The molecule has 140 valence electrons. The maximum Gasteiger partial charge on any atom is 0.169 e. The van der Waals surface area contributed by atoms with Crippen LogP contribution in [0.15, 0.2) is 22.7 Å². The smallest absolute Gasteiger partial charge is 0.169 e. The molecular formula is C19H34O5. The van der Waals surface area contributed by atoms with Gasteiger partial charge in [0.05, 0.1) is 14.2 Å². The van der Waals surface area contributed by atoms with Gasteiger partial charge in [0.2, 0.25) is 0 Å². The number of hydrogen-bond donors (Lipinski definition) is 3. The van der Waals surface area contributed by atoms with E-state index in [2.05, 4.69) is 0 Å². The minimum atomic E-state index is -0.838. The van der Waals surface area contributed by atoms with Gasteiger partial charge in [-0.1, -0.05) is 38.5 Å². The van der Waals surface area contributed by atoms with Crippen LogP contribution in [0.25, 0.3) is 0 Å². The highest BCUT2D eigenvalue weighted by Crippen LogP contribution is 2.34. The molecule has 2 unspecified atom stereocenters. The molecule has 0 spiro atoms. The Hall–Kier alpha value is -1.04. The van der Waals surface area contributed by atoms with Gasteiger partial charge >= 0.3 is 0 Å². The monoisotopic (exact) mass is 342 g/mol. The molecule has 5 heteroatoms. The maximum atomic E-state index is 10.5. The van der Waals surface area contributed by atoms with Crippen molar-refractivity contribution in [3.63, 3.8) is 0 Å². The Labute approximate surface area is 146 Å². The molecule has 0 aromatic rings. The third kappa shape index (κ3) is 5.80. The van der Waals surface area contributed by atoms with Gasteiger partial charge in [0, 0.05) is 6.61 Å². The summed E-state index contributed by atoms with van der Waals surface area (Å²) in [6, 6.07) is 0. The van der Waals surface area contributed by atoms with Crippen molar-refractivity contribution in [2.45, 2.75) is 76.9 Å². The van der Waals surface area contributed by atoms with Crippen molar-refractivity contribution in [1.29, 1.82) is 0 Å². The van der Waals surface area contributed by atoms with E-state index < -0.39 is 12.2 Å². The molecule has 2 atom stereocenters. The Morgan fingerprint density at radius 1 is 0.750 bits per heavy atom. The van der Waals surface area contributed by atoms with Gasteiger partial charge in [-0.25, -0.2) is 0 Å². The third-order valence-corrected chi connectivity index (χ3v) is 4.78. The van der Waals surface area contributed by atoms with E-state index >= 15 is 0 Å². The first-order valence-corrected chi connectivity index (χ1v) is 9.07. The van der Waals surface area contributed by atoms with Crippen molar-refractivity contribution in [3.8, 4) is 0 Å². The Kier molecular flexibility index (Phi) is 10.1. The van der Waals surface area contributed by atoms with Crippen LogP contribution in [0.3, 0.4) is 0 Å². The van der Waals surface area contributed by atoms with Gasteiger partial charge in [-0.05, 0) is 37.3 Å². The molecule has 0 heterocycles. The molecule has 0 saturated heterocycles. The van der Waals surface area contributed by atoms with Crippen molar-refractivity contribution in [3.05, 3.63) is 22.7 Å². The molecule has 0 bridgehead atoms. The summed E-state index contributed by atoms with van der Waals surface area (Å²) in [6.07, 6.45) is 8.03. The van der Waals surface area contributed by atoms with Crippen LogP contribution in [0.1, 0.15) is 64.7 Å². The second-order valence-electron chi connectivity index (χ2n) is 6.45. The predicted molar refractivity (Wildman–Crippen MR) is 94.4 cm³/mol. The number of rotatable bonds is 12. The lowest BCUT2D eigenvalue weighted by Crippen LogP contribution is -2.31. The number of aliphatic hydroxyl groups is 3. The second kappa shape index (κ2) is 11.5. The van der Waals surface area contributed by atoms with E-state index in [4.69, 9.17) is 14.6 Å². The average molecular weight is 342 g/mol. The van der Waals surface area contributed by atoms with Gasteiger partial charge in [0.15, 0.2) is 11.5 Å². The quantitative estimate of drug-likeness (QED) is 0.375. The molecule has 0 aromatic carbocycles. The fourth-order valence-electron chi connectivity index (χ4n) is 3.26. The number of methoxy groups -OCH3 is 2. The Morgan fingerprint density at radius 2 is 1.21 bits per heavy atom. The van der Waals surface area contributed by atoms with E-state index in [1.807, 2.05) is 6.92 Å². The molecule has 3 N–H and O–H groups in total. The highest BCUT2D eigenvalue weighted by atomic mass is 16.5. The first-order valence-electron chi connectivity index (χ1n) is 9.07. The van der Waals surface area contributed by atoms with Crippen LogP contribution in [0.5, 0.6) is 0 Å². The molecule has 1 aliphatic carbocycles. The highest BCUT2D eigenvalue weighted by molar-refractivity contribution is 5.38. The van der Waals surface area contributed by atoms with Gasteiger partial charge in [-0.15, -0.1) is 0 Å². The summed E-state index contributed by atoms with van der Waals surface area (Å²) < 4.78 is 10.4. The second-order valence-corrected chi connectivity index (χ2v) is 6.45. The summed E-state index contributed by atoms with van der Waals surface area (Å²) in [4.78, 5) is 0. The fourth-order valence-corrected chi connectivity index (χ4v) is 3.26. The number of aliphatic hydroxyl groups excluding tert-OH is 3. The highest BCUT2D eigenvalue weighted by Gasteiger charge is 2.34. The SMILES string of the molecule is COC1=C(OC)C(O)C(CCCCCCCCCCO)=C(C)C1O. The van der Waals surface area contributed by atoms with Gasteiger partial charge in [0.25, 0.3) is 0 Å². The van der Waals surface area contributed by atoms with Crippen molar-refractivity contribution in [1.82, 2.24) is 0 Å². The standard InChI is InChI=1S/C19H34O5/c1-14-15(12-10-8-6-4-5-7-9-11-13-20)17(22)19(24-3)18(23-2)16(14)21/h16-17,20-22H,4-13H2,1-3H3. The minimum Gasteiger partial charge on any atom is -0.494 e. The summed E-state index contributed by atoms with van der Waals surface area (Å²) in [5.41, 5.74) is 1.62. The van der Waals surface area contributed by atoms with Crippen LogP contribution < -0.4 is 0 Å². The first kappa shape index (κ1) is 21.0. The van der Waals surface area contributed by atoms with Crippen LogP contribution in [-0.2, 0) is 9.47 Å². The van der Waals surface area contributed by atoms with E-state index in [1.165, 1.54) is 39.9 Å². The normalized spacial score (nSPS) is 21.4. The molecule has 0 saturated carbocycles. The number of unbranched alkanes of at least 4 members (excludes halogenated alkanes) is 7. The molecule has 0 fully saturated rings. The molecule has 0 aromatic heterocycles. The van der Waals surface area contributed by atoms with E-state index in [9.17, 15) is 10.2 Å². The fraction of sp³-hybridized carbons (Fsp3) is 0.789. The lowest BCUT2D eigenvalue weighted by molar-refractivity contribution is 0.0785. The average Bonchev–Trinajstić information content (AvgIpc) is 2.58. The van der Waals surface area contributed by atoms with E-state index in [1.54, 1.807) is 0 Å². The van der Waals surface area contributed by atoms with Gasteiger partial charge in [-0.3, -0.25) is 0 Å². The predicted octanol–water partition coefficient (Wildman–Crippen LogP) is 3.05. The van der Waals surface area contributed by atoms with E-state index in [0.717, 1.165) is 43.3 Å². The molecule has 1 aliphatic rings. The van der Waals surface area contributed by atoms with Crippen LogP contribution in [0.2, 0.25) is 0 Å².